The number of ether oxygens (including phenoxy) is 2. The normalized spacial score (nSPS) is 19.3. The van der Waals surface area contributed by atoms with Crippen molar-refractivity contribution in [3.05, 3.63) is 54.1 Å². The second-order valence-electron chi connectivity index (χ2n) is 7.72. The van der Waals surface area contributed by atoms with Gasteiger partial charge >= 0.3 is 5.97 Å². The average molecular weight is 441 g/mol. The van der Waals surface area contributed by atoms with Gasteiger partial charge in [0.2, 0.25) is 0 Å². The summed E-state index contributed by atoms with van der Waals surface area (Å²) in [5, 5.41) is -1.19. The first-order valence-corrected chi connectivity index (χ1v) is 12.2. The number of carbonyl (C=O) groups excluding carboxylic acids is 1. The van der Waals surface area contributed by atoms with Gasteiger partial charge in [-0.25, -0.2) is 13.2 Å². The molecular formula is C20H24O7S2. The molecule has 0 radical (unpaired) electrons. The van der Waals surface area contributed by atoms with Gasteiger partial charge in [0.15, 0.2) is 16.4 Å². The van der Waals surface area contributed by atoms with Crippen LogP contribution in [0.3, 0.4) is 0 Å². The molecule has 0 saturated heterocycles. The maximum Gasteiger partial charge on any atom is 0.344 e. The lowest BCUT2D eigenvalue weighted by Gasteiger charge is -2.27. The maximum absolute atomic E-state index is 13.2. The minimum Gasteiger partial charge on any atom is -0.482 e. The number of hydrogen-bond acceptors (Lipinski definition) is 7. The highest BCUT2D eigenvalue weighted by Crippen LogP contribution is 2.63. The molecule has 0 bridgehead atoms. The highest BCUT2D eigenvalue weighted by molar-refractivity contribution is 8.25. The van der Waals surface area contributed by atoms with Crippen LogP contribution < -0.4 is 4.74 Å². The Bertz CT molecular complexity index is 1010. The van der Waals surface area contributed by atoms with Crippen LogP contribution in [0.15, 0.2) is 58.3 Å². The second kappa shape index (κ2) is 7.64. The van der Waals surface area contributed by atoms with Gasteiger partial charge < -0.3 is 9.47 Å². The van der Waals surface area contributed by atoms with Crippen molar-refractivity contribution in [2.24, 2.45) is 0 Å². The van der Waals surface area contributed by atoms with E-state index in [1.807, 2.05) is 0 Å². The third kappa shape index (κ3) is 4.58. The predicted molar refractivity (Wildman–Crippen MR) is 110 cm³/mol. The summed E-state index contributed by atoms with van der Waals surface area (Å²) in [6.07, 6.45) is 0. The van der Waals surface area contributed by atoms with E-state index in [1.54, 1.807) is 39.0 Å². The van der Waals surface area contributed by atoms with Gasteiger partial charge in [0.1, 0.15) is 16.6 Å². The number of benzene rings is 2. The molecule has 1 unspecified atom stereocenters. The fraction of sp³-hybridized carbons (Fsp3) is 0.350. The van der Waals surface area contributed by atoms with Crippen molar-refractivity contribution >= 4 is 26.4 Å². The van der Waals surface area contributed by atoms with Gasteiger partial charge in [-0.1, -0.05) is 24.3 Å². The third-order valence-electron chi connectivity index (χ3n) is 4.30. The first kappa shape index (κ1) is 21.6. The maximum atomic E-state index is 13.2. The molecule has 9 heteroatoms. The van der Waals surface area contributed by atoms with Gasteiger partial charge in [-0.05, 0) is 45.0 Å². The van der Waals surface area contributed by atoms with E-state index in [9.17, 15) is 22.3 Å². The number of carbonyl (C=O) groups is 1. The number of esters is 1. The van der Waals surface area contributed by atoms with Crippen LogP contribution >= 0.6 is 10.6 Å². The quantitative estimate of drug-likeness (QED) is 0.675. The smallest absolute Gasteiger partial charge is 0.344 e. The second-order valence-corrected chi connectivity index (χ2v) is 12.0. The lowest BCUT2D eigenvalue weighted by atomic mass is 10.1. The molecule has 2 aromatic rings. The summed E-state index contributed by atoms with van der Waals surface area (Å²) in [6, 6.07) is 12.4. The number of rotatable bonds is 5. The summed E-state index contributed by atoms with van der Waals surface area (Å²) in [5.74, 6) is -0.843. The Labute approximate surface area is 171 Å². The van der Waals surface area contributed by atoms with Crippen LogP contribution in [-0.2, 0) is 19.4 Å². The minimum absolute atomic E-state index is 0.0787. The Morgan fingerprint density at radius 3 is 2.38 bits per heavy atom. The summed E-state index contributed by atoms with van der Waals surface area (Å²) < 4.78 is 58.2. The van der Waals surface area contributed by atoms with E-state index in [0.29, 0.717) is 0 Å². The lowest BCUT2D eigenvalue weighted by molar-refractivity contribution is -0.157. The van der Waals surface area contributed by atoms with Crippen LogP contribution in [0.2, 0.25) is 0 Å². The minimum atomic E-state index is -3.91. The van der Waals surface area contributed by atoms with Crippen LogP contribution in [0.4, 0.5) is 0 Å². The number of hydrogen-bond donors (Lipinski definition) is 2. The summed E-state index contributed by atoms with van der Waals surface area (Å²) in [6.45, 7) is 4.75. The molecule has 7 nitrogen and oxygen atoms in total. The van der Waals surface area contributed by atoms with Gasteiger partial charge in [0, 0.05) is 5.56 Å². The first-order valence-electron chi connectivity index (χ1n) is 8.94. The lowest BCUT2D eigenvalue weighted by Crippen LogP contribution is -2.27. The molecule has 1 aliphatic rings. The zero-order chi connectivity index (χ0) is 21.4. The molecule has 0 amide bonds. The van der Waals surface area contributed by atoms with Crippen LogP contribution in [0, 0.1) is 0 Å². The summed E-state index contributed by atoms with van der Waals surface area (Å²) in [7, 11) is -7.22. The highest BCUT2D eigenvalue weighted by Gasteiger charge is 2.45. The van der Waals surface area contributed by atoms with Crippen molar-refractivity contribution in [1.82, 2.24) is 0 Å². The zero-order valence-corrected chi connectivity index (χ0v) is 18.0. The largest absolute Gasteiger partial charge is 0.482 e. The molecule has 0 aromatic heterocycles. The van der Waals surface area contributed by atoms with Gasteiger partial charge in [-0.3, -0.25) is 9.11 Å². The molecule has 0 spiro atoms. The van der Waals surface area contributed by atoms with Gasteiger partial charge in [-0.2, -0.15) is 10.6 Å². The summed E-state index contributed by atoms with van der Waals surface area (Å²) >= 11 is 0. The molecule has 3 rings (SSSR count). The summed E-state index contributed by atoms with van der Waals surface area (Å²) in [5.41, 5.74) is -0.506. The van der Waals surface area contributed by atoms with Gasteiger partial charge in [0.05, 0.1) is 15.5 Å². The van der Waals surface area contributed by atoms with Crippen molar-refractivity contribution in [3.63, 3.8) is 0 Å². The van der Waals surface area contributed by atoms with E-state index in [4.69, 9.17) is 9.47 Å². The molecule has 0 saturated carbocycles. The van der Waals surface area contributed by atoms with Crippen molar-refractivity contribution in [3.8, 4) is 5.75 Å². The van der Waals surface area contributed by atoms with E-state index in [0.717, 1.165) is 0 Å². The van der Waals surface area contributed by atoms with Crippen LogP contribution in [0.25, 0.3) is 0 Å². The van der Waals surface area contributed by atoms with Crippen molar-refractivity contribution in [2.75, 3.05) is 12.4 Å². The van der Waals surface area contributed by atoms with Crippen LogP contribution in [0.1, 0.15) is 31.6 Å². The topological polar surface area (TPSA) is 110 Å². The molecule has 1 heterocycles. The Morgan fingerprint density at radius 2 is 1.76 bits per heavy atom. The van der Waals surface area contributed by atoms with E-state index in [-0.39, 0.29) is 26.9 Å². The molecule has 0 fully saturated rings. The molecule has 158 valence electrons. The molecule has 0 aliphatic carbocycles. The Kier molecular flexibility index (Phi) is 5.70. The van der Waals surface area contributed by atoms with E-state index < -0.39 is 43.9 Å². The fourth-order valence-corrected chi connectivity index (χ4v) is 7.60. The van der Waals surface area contributed by atoms with E-state index in [1.165, 1.54) is 30.3 Å². The Hall–Kier alpha value is -2.07. The average Bonchev–Trinajstić information content (AvgIpc) is 2.92. The first-order chi connectivity index (χ1) is 13.4. The number of sulfone groups is 1. The fourth-order valence-electron chi connectivity index (χ4n) is 3.16. The highest BCUT2D eigenvalue weighted by atomic mass is 32.3. The van der Waals surface area contributed by atoms with Gasteiger partial charge in [0.25, 0.3) is 0 Å². The standard InChI is InChI=1S/C20H24O7S2/c1-20(2,3)27-18(21)12-26-15-10-7-11-16-19(15)17(13-28(16,22)23)29(24,25)14-8-5-4-6-9-14/h4-11,17,22-23H,12-13H2,1-3H3. The molecule has 1 atom stereocenters. The van der Waals surface area contributed by atoms with E-state index in [2.05, 4.69) is 0 Å². The molecule has 2 N–H and O–H groups in total. The Balaban J connectivity index is 1.98. The molecular weight excluding hydrogens is 416 g/mol. The van der Waals surface area contributed by atoms with Crippen LogP contribution in [-0.4, -0.2) is 41.5 Å². The molecule has 29 heavy (non-hydrogen) atoms. The van der Waals surface area contributed by atoms with E-state index >= 15 is 0 Å². The van der Waals surface area contributed by atoms with Crippen molar-refractivity contribution in [2.45, 2.75) is 41.4 Å². The third-order valence-corrected chi connectivity index (χ3v) is 8.45. The van der Waals surface area contributed by atoms with Crippen LogP contribution in [0.5, 0.6) is 5.75 Å². The molecule has 2 aromatic carbocycles. The van der Waals surface area contributed by atoms with Gasteiger partial charge in [-0.15, -0.1) is 0 Å². The zero-order valence-electron chi connectivity index (χ0n) is 16.4. The predicted octanol–water partition coefficient (Wildman–Crippen LogP) is 4.05. The SMILES string of the molecule is CC(C)(C)OC(=O)COc1cccc2c1C(S(=O)(=O)c1ccccc1)CS2(O)O. The molecule has 1 aliphatic heterocycles. The summed E-state index contributed by atoms with van der Waals surface area (Å²) in [4.78, 5) is 12.2. The number of fused-ring (bicyclic) bond motifs is 1. The Morgan fingerprint density at radius 1 is 1.10 bits per heavy atom. The van der Waals surface area contributed by atoms with Crippen molar-refractivity contribution < 1.29 is 31.8 Å². The van der Waals surface area contributed by atoms with Crippen molar-refractivity contribution in [1.29, 1.82) is 0 Å². The monoisotopic (exact) mass is 440 g/mol.